The van der Waals surface area contributed by atoms with E-state index in [-0.39, 0.29) is 0 Å². The van der Waals surface area contributed by atoms with Crippen LogP contribution in [0.3, 0.4) is 0 Å². The Kier molecular flexibility index (Phi) is 3.02. The number of alkyl halides is 6. The molecule has 0 rings (SSSR count). The molecule has 0 aromatic heterocycles. The monoisotopic (exact) mass is 242 g/mol. The summed E-state index contributed by atoms with van der Waals surface area (Å²) in [5, 5.41) is 3.64. The zero-order valence-electron chi connectivity index (χ0n) is 4.16. The van der Waals surface area contributed by atoms with Crippen LogP contribution in [0.4, 0.5) is 17.6 Å². The maximum absolute atomic E-state index is 11.8. The molecule has 60 valence electrons. The molecule has 0 aliphatic heterocycles. The van der Waals surface area contributed by atoms with Gasteiger partial charge in [0.1, 0.15) is 0 Å². The van der Waals surface area contributed by atoms with Crippen LogP contribution in [-0.4, -0.2) is 10.5 Å². The zero-order valence-corrected chi connectivity index (χ0v) is 6.50. The highest BCUT2D eigenvalue weighted by molar-refractivity contribution is 9.10. The predicted octanol–water partition coefficient (Wildman–Crippen LogP) is 3.17. The van der Waals surface area contributed by atoms with Crippen LogP contribution in [-0.2, 0) is 0 Å². The third-order valence-corrected chi connectivity index (χ3v) is 0.511. The summed E-state index contributed by atoms with van der Waals surface area (Å²) in [6, 6.07) is 0. The normalized spacial score (nSPS) is 19.4. The van der Waals surface area contributed by atoms with Crippen LogP contribution in [0.25, 0.3) is 0 Å². The Morgan fingerprint density at radius 3 is 1.60 bits per heavy atom. The van der Waals surface area contributed by atoms with Crippen molar-refractivity contribution in [1.82, 2.24) is 0 Å². The van der Waals surface area contributed by atoms with Gasteiger partial charge >= 0.3 is 10.5 Å². The molecule has 0 aliphatic rings. The molecule has 0 radical (unpaired) electrons. The molecule has 0 N–H and O–H groups in total. The number of hydrogen-bond acceptors (Lipinski definition) is 2. The van der Waals surface area contributed by atoms with Gasteiger partial charge in [-0.3, -0.25) is 0 Å². The van der Waals surface area contributed by atoms with Gasteiger partial charge in [-0.05, 0) is 27.5 Å². The van der Waals surface area contributed by atoms with E-state index in [2.05, 4.69) is 11.6 Å². The minimum absolute atomic E-state index is 1.60. The highest BCUT2D eigenvalue weighted by Gasteiger charge is 2.30. The van der Waals surface area contributed by atoms with Crippen molar-refractivity contribution in [2.75, 3.05) is 0 Å². The third kappa shape index (κ3) is 8.09. The minimum Gasteiger partial charge on any atom is -0.184 e. The van der Waals surface area contributed by atoms with E-state index < -0.39 is 10.5 Å². The van der Waals surface area contributed by atoms with Crippen molar-refractivity contribution in [3.8, 4) is 0 Å². The van der Waals surface area contributed by atoms with Gasteiger partial charge < -0.3 is 0 Å². The lowest BCUT2D eigenvalue weighted by Gasteiger charge is -2.00. The minimum atomic E-state index is -4.89. The van der Waals surface area contributed by atoms with E-state index in [0.29, 0.717) is 0 Å². The molecular formula is C2BrClF4N2. The molecule has 0 fully saturated rings. The second-order valence-corrected chi connectivity index (χ2v) is 3.14. The van der Waals surface area contributed by atoms with E-state index in [0.717, 1.165) is 0 Å². The van der Waals surface area contributed by atoms with Gasteiger partial charge in [-0.15, -0.1) is 18.3 Å². The van der Waals surface area contributed by atoms with E-state index in [1.165, 1.54) is 0 Å². The van der Waals surface area contributed by atoms with Crippen molar-refractivity contribution in [3.63, 3.8) is 0 Å². The SMILES string of the molecule is FC(F)(F)N=NC(F)(Cl)Br. The average molecular weight is 243 g/mol. The second-order valence-electron chi connectivity index (χ2n) is 1.14. The molecule has 0 aromatic carbocycles. The van der Waals surface area contributed by atoms with Crippen molar-refractivity contribution in [3.05, 3.63) is 0 Å². The molecule has 1 unspecified atom stereocenters. The molecule has 10 heavy (non-hydrogen) atoms. The first-order valence-corrected chi connectivity index (χ1v) is 2.95. The first-order chi connectivity index (χ1) is 4.21. The van der Waals surface area contributed by atoms with E-state index >= 15 is 0 Å². The molecule has 1 atom stereocenters. The molecule has 0 aromatic rings. The Hall–Kier alpha value is 0.0900. The maximum Gasteiger partial charge on any atom is 0.521 e. The Morgan fingerprint density at radius 1 is 1.10 bits per heavy atom. The summed E-state index contributed by atoms with van der Waals surface area (Å²) in [5.41, 5.74) is 0. The van der Waals surface area contributed by atoms with Crippen molar-refractivity contribution in [2.24, 2.45) is 10.2 Å². The molecular weight excluding hydrogens is 243 g/mol. The van der Waals surface area contributed by atoms with Gasteiger partial charge in [0.15, 0.2) is 0 Å². The highest BCUT2D eigenvalue weighted by atomic mass is 79.9. The lowest BCUT2D eigenvalue weighted by molar-refractivity contribution is -0.127. The fourth-order valence-corrected chi connectivity index (χ4v) is 0.230. The van der Waals surface area contributed by atoms with Crippen molar-refractivity contribution >= 4 is 27.5 Å². The highest BCUT2D eigenvalue weighted by Crippen LogP contribution is 2.29. The second kappa shape index (κ2) is 3.00. The predicted molar refractivity (Wildman–Crippen MR) is 29.5 cm³/mol. The molecule has 2 nitrogen and oxygen atoms in total. The Balaban J connectivity index is 4.01. The number of halogens is 6. The summed E-state index contributed by atoms with van der Waals surface area (Å²) < 4.78 is 42.1. The molecule has 0 spiro atoms. The summed E-state index contributed by atoms with van der Waals surface area (Å²) in [6.07, 6.45) is -4.89. The van der Waals surface area contributed by atoms with Crippen molar-refractivity contribution in [1.29, 1.82) is 0 Å². The average Bonchev–Trinajstić information content (AvgIpc) is 1.57. The van der Waals surface area contributed by atoms with Crippen LogP contribution in [0.1, 0.15) is 0 Å². The van der Waals surface area contributed by atoms with Crippen LogP contribution < -0.4 is 0 Å². The molecule has 0 saturated heterocycles. The quantitative estimate of drug-likeness (QED) is 0.292. The maximum atomic E-state index is 11.8. The van der Waals surface area contributed by atoms with Gasteiger partial charge in [-0.2, -0.15) is 4.39 Å². The van der Waals surface area contributed by atoms with Crippen LogP contribution in [0.2, 0.25) is 0 Å². The van der Waals surface area contributed by atoms with Crippen LogP contribution in [0.5, 0.6) is 0 Å². The summed E-state index contributed by atoms with van der Waals surface area (Å²) in [7, 11) is 0. The molecule has 0 heterocycles. The summed E-state index contributed by atoms with van der Waals surface area (Å²) in [6.45, 7) is 0. The Bertz CT molecular complexity index is 121. The van der Waals surface area contributed by atoms with E-state index in [9.17, 15) is 17.6 Å². The Labute approximate surface area is 66.4 Å². The van der Waals surface area contributed by atoms with E-state index in [1.54, 1.807) is 5.11 Å². The first-order valence-electron chi connectivity index (χ1n) is 1.78. The Morgan fingerprint density at radius 2 is 1.50 bits per heavy atom. The van der Waals surface area contributed by atoms with E-state index in [4.69, 9.17) is 0 Å². The largest absolute Gasteiger partial charge is 0.521 e. The van der Waals surface area contributed by atoms with Gasteiger partial charge in [-0.1, -0.05) is 5.11 Å². The first kappa shape index (κ1) is 10.1. The van der Waals surface area contributed by atoms with Crippen molar-refractivity contribution < 1.29 is 17.6 Å². The summed E-state index contributed by atoms with van der Waals surface area (Å²) in [4.78, 5) is 0. The summed E-state index contributed by atoms with van der Waals surface area (Å²) in [5.74, 6) is 0. The fourth-order valence-electron chi connectivity index (χ4n) is 0.113. The molecule has 0 amide bonds. The summed E-state index contributed by atoms with van der Waals surface area (Å²) >= 11 is 6.50. The lowest BCUT2D eigenvalue weighted by Crippen LogP contribution is -2.04. The van der Waals surface area contributed by atoms with Crippen LogP contribution in [0.15, 0.2) is 10.2 Å². The van der Waals surface area contributed by atoms with Gasteiger partial charge in [0.05, 0.1) is 0 Å². The fraction of sp³-hybridized carbons (Fsp3) is 1.00. The molecule has 0 bridgehead atoms. The zero-order chi connectivity index (χ0) is 8.41. The number of hydrogen-bond donors (Lipinski definition) is 0. The third-order valence-electron chi connectivity index (χ3n) is 0.277. The lowest BCUT2D eigenvalue weighted by atomic mass is 11.2. The van der Waals surface area contributed by atoms with Gasteiger partial charge in [-0.25, -0.2) is 0 Å². The molecule has 8 heteroatoms. The van der Waals surface area contributed by atoms with Crippen LogP contribution in [0, 0.1) is 0 Å². The smallest absolute Gasteiger partial charge is 0.184 e. The number of rotatable bonds is 1. The number of azo groups is 1. The number of nitrogens with zero attached hydrogens (tertiary/aromatic N) is 2. The van der Waals surface area contributed by atoms with Gasteiger partial charge in [0.2, 0.25) is 0 Å². The topological polar surface area (TPSA) is 24.7 Å². The van der Waals surface area contributed by atoms with Crippen molar-refractivity contribution in [2.45, 2.75) is 10.5 Å². The van der Waals surface area contributed by atoms with E-state index in [1.807, 2.05) is 21.0 Å². The van der Waals surface area contributed by atoms with Gasteiger partial charge in [0.25, 0.3) is 0 Å². The standard InChI is InChI=1S/C2BrClF4N2/c3-1(4,5)9-10-2(6,7)8. The van der Waals surface area contributed by atoms with Gasteiger partial charge in [0, 0.05) is 0 Å². The van der Waals surface area contributed by atoms with Crippen LogP contribution >= 0.6 is 27.5 Å². The molecule has 0 aliphatic carbocycles. The molecule has 0 saturated carbocycles.